The molecule has 1 aliphatic heterocycles. The van der Waals surface area contributed by atoms with Crippen molar-refractivity contribution in [3.8, 4) is 11.5 Å². The number of nitrogens with one attached hydrogen (secondary N) is 2. The summed E-state index contributed by atoms with van der Waals surface area (Å²) in [5, 5.41) is 17.0. The molecule has 0 radical (unpaired) electrons. The van der Waals surface area contributed by atoms with Gasteiger partial charge in [-0.05, 0) is 43.9 Å². The zero-order valence-electron chi connectivity index (χ0n) is 14.7. The number of nitrogens with zero attached hydrogens (tertiary/aromatic N) is 1. The fraction of sp³-hybridized carbons (Fsp3) is 0.611. The van der Waals surface area contributed by atoms with Crippen LogP contribution in [0.1, 0.15) is 38.2 Å². The number of guanidine groups is 1. The molecule has 0 bridgehead atoms. The molecule has 25 heavy (non-hydrogen) atoms. The Morgan fingerprint density at radius 2 is 1.96 bits per heavy atom. The SMILES string of the molecule is CCNC(=NCC1(O)CCCC1)NCCc1ccc2c(c1)OCO2.I. The first-order valence-electron chi connectivity index (χ1n) is 8.82. The predicted octanol–water partition coefficient (Wildman–Crippen LogP) is 2.44. The van der Waals surface area contributed by atoms with Crippen LogP contribution in [0.5, 0.6) is 11.5 Å². The summed E-state index contributed by atoms with van der Waals surface area (Å²) in [5.41, 5.74) is 0.580. The van der Waals surface area contributed by atoms with E-state index in [1.165, 1.54) is 5.56 Å². The number of benzene rings is 1. The molecule has 0 spiro atoms. The summed E-state index contributed by atoms with van der Waals surface area (Å²) in [7, 11) is 0. The first kappa shape index (κ1) is 20.1. The minimum absolute atomic E-state index is 0. The van der Waals surface area contributed by atoms with Gasteiger partial charge in [0.05, 0.1) is 12.1 Å². The third kappa shape index (κ3) is 5.64. The summed E-state index contributed by atoms with van der Waals surface area (Å²) < 4.78 is 10.7. The quantitative estimate of drug-likeness (QED) is 0.345. The zero-order valence-corrected chi connectivity index (χ0v) is 17.0. The van der Waals surface area contributed by atoms with Crippen molar-refractivity contribution in [1.82, 2.24) is 10.6 Å². The summed E-state index contributed by atoms with van der Waals surface area (Å²) in [6.07, 6.45) is 4.77. The number of fused-ring (bicyclic) bond motifs is 1. The Bertz CT molecular complexity index is 589. The Kier molecular flexibility index (Phi) is 7.61. The minimum Gasteiger partial charge on any atom is -0.454 e. The lowest BCUT2D eigenvalue weighted by atomic mass is 10.0. The second-order valence-electron chi connectivity index (χ2n) is 6.49. The molecule has 0 amide bonds. The first-order chi connectivity index (χ1) is 11.7. The number of ether oxygens (including phenoxy) is 2. The van der Waals surface area contributed by atoms with E-state index < -0.39 is 5.60 Å². The maximum atomic E-state index is 10.4. The molecule has 0 unspecified atom stereocenters. The van der Waals surface area contributed by atoms with Gasteiger partial charge in [-0.25, -0.2) is 0 Å². The Hall–Kier alpha value is -1.22. The number of hydrogen-bond donors (Lipinski definition) is 3. The van der Waals surface area contributed by atoms with Gasteiger partial charge < -0.3 is 25.2 Å². The third-order valence-corrected chi connectivity index (χ3v) is 4.55. The summed E-state index contributed by atoms with van der Waals surface area (Å²) in [5.74, 6) is 2.39. The van der Waals surface area contributed by atoms with Crippen LogP contribution in [0.3, 0.4) is 0 Å². The van der Waals surface area contributed by atoms with Crippen LogP contribution < -0.4 is 20.1 Å². The van der Waals surface area contributed by atoms with Crippen molar-refractivity contribution >= 4 is 29.9 Å². The van der Waals surface area contributed by atoms with Gasteiger partial charge >= 0.3 is 0 Å². The first-order valence-corrected chi connectivity index (χ1v) is 8.82. The second kappa shape index (κ2) is 9.47. The van der Waals surface area contributed by atoms with Gasteiger partial charge in [-0.15, -0.1) is 24.0 Å². The highest BCUT2D eigenvalue weighted by Gasteiger charge is 2.30. The molecule has 0 atom stereocenters. The van der Waals surface area contributed by atoms with Gasteiger partial charge in [-0.1, -0.05) is 18.9 Å². The zero-order chi connectivity index (χ0) is 16.8. The molecule has 7 heteroatoms. The average Bonchev–Trinajstić information content (AvgIpc) is 3.21. The van der Waals surface area contributed by atoms with E-state index in [0.29, 0.717) is 13.3 Å². The van der Waals surface area contributed by atoms with Crippen molar-refractivity contribution in [3.63, 3.8) is 0 Å². The number of aliphatic hydroxyl groups is 1. The van der Waals surface area contributed by atoms with Gasteiger partial charge in [-0.3, -0.25) is 4.99 Å². The highest BCUT2D eigenvalue weighted by Crippen LogP contribution is 2.32. The third-order valence-electron chi connectivity index (χ3n) is 4.55. The molecule has 1 fully saturated rings. The molecule has 6 nitrogen and oxygen atoms in total. The molecular weight excluding hydrogens is 433 g/mol. The van der Waals surface area contributed by atoms with Gasteiger partial charge in [0.25, 0.3) is 0 Å². The molecule has 1 aromatic carbocycles. The van der Waals surface area contributed by atoms with Gasteiger partial charge in [0.2, 0.25) is 6.79 Å². The highest BCUT2D eigenvalue weighted by molar-refractivity contribution is 14.0. The average molecular weight is 461 g/mol. The fourth-order valence-electron chi connectivity index (χ4n) is 3.18. The van der Waals surface area contributed by atoms with Crippen LogP contribution in [-0.4, -0.2) is 43.1 Å². The molecule has 140 valence electrons. The van der Waals surface area contributed by atoms with Gasteiger partial charge in [-0.2, -0.15) is 0 Å². The van der Waals surface area contributed by atoms with E-state index in [1.807, 2.05) is 19.1 Å². The van der Waals surface area contributed by atoms with Crippen molar-refractivity contribution in [2.24, 2.45) is 4.99 Å². The molecule has 2 aliphatic rings. The van der Waals surface area contributed by atoms with Crippen LogP contribution in [0.4, 0.5) is 0 Å². The number of rotatable bonds is 6. The molecule has 0 aromatic heterocycles. The molecule has 3 N–H and O–H groups in total. The van der Waals surface area contributed by atoms with Crippen LogP contribution in [0.25, 0.3) is 0 Å². The van der Waals surface area contributed by atoms with Crippen LogP contribution in [0.15, 0.2) is 23.2 Å². The fourth-order valence-corrected chi connectivity index (χ4v) is 3.18. The van der Waals surface area contributed by atoms with Gasteiger partial charge in [0.15, 0.2) is 17.5 Å². The van der Waals surface area contributed by atoms with Crippen LogP contribution in [0.2, 0.25) is 0 Å². The predicted molar refractivity (Wildman–Crippen MR) is 109 cm³/mol. The van der Waals surface area contributed by atoms with Gasteiger partial charge in [0, 0.05) is 13.1 Å². The second-order valence-corrected chi connectivity index (χ2v) is 6.49. The van der Waals surface area contributed by atoms with E-state index in [4.69, 9.17) is 9.47 Å². The molecule has 0 saturated heterocycles. The summed E-state index contributed by atoms with van der Waals surface area (Å²) in [6, 6.07) is 6.03. The van der Waals surface area contributed by atoms with Crippen molar-refractivity contribution in [2.75, 3.05) is 26.4 Å². The van der Waals surface area contributed by atoms with E-state index in [0.717, 1.165) is 62.7 Å². The summed E-state index contributed by atoms with van der Waals surface area (Å²) in [6.45, 7) is 4.38. The Morgan fingerprint density at radius 3 is 2.72 bits per heavy atom. The molecule has 1 saturated carbocycles. The monoisotopic (exact) mass is 461 g/mol. The summed E-state index contributed by atoms with van der Waals surface area (Å²) >= 11 is 0. The highest BCUT2D eigenvalue weighted by atomic mass is 127. The molecule has 1 aromatic rings. The smallest absolute Gasteiger partial charge is 0.231 e. The van der Waals surface area contributed by atoms with E-state index in [9.17, 15) is 5.11 Å². The molecule has 1 heterocycles. The standard InChI is InChI=1S/C18H27N3O3.HI/c1-2-19-17(21-12-18(22)8-3-4-9-18)20-10-7-14-5-6-15-16(11-14)24-13-23-15;/h5-6,11,22H,2-4,7-10,12-13H2,1H3,(H2,19,20,21);1H. The van der Waals surface area contributed by atoms with Gasteiger partial charge in [0.1, 0.15) is 0 Å². The van der Waals surface area contributed by atoms with E-state index in [1.54, 1.807) is 0 Å². The largest absolute Gasteiger partial charge is 0.454 e. The molecule has 3 rings (SSSR count). The molecule has 1 aliphatic carbocycles. The maximum Gasteiger partial charge on any atom is 0.231 e. The Morgan fingerprint density at radius 1 is 1.20 bits per heavy atom. The van der Waals surface area contributed by atoms with E-state index >= 15 is 0 Å². The minimum atomic E-state index is -0.611. The van der Waals surface area contributed by atoms with Crippen LogP contribution >= 0.6 is 24.0 Å². The summed E-state index contributed by atoms with van der Waals surface area (Å²) in [4.78, 5) is 4.56. The van der Waals surface area contributed by atoms with E-state index in [2.05, 4.69) is 21.7 Å². The van der Waals surface area contributed by atoms with Crippen molar-refractivity contribution < 1.29 is 14.6 Å². The topological polar surface area (TPSA) is 75.1 Å². The van der Waals surface area contributed by atoms with Crippen molar-refractivity contribution in [2.45, 2.75) is 44.6 Å². The molecular formula is C18H28IN3O3. The lowest BCUT2D eigenvalue weighted by molar-refractivity contribution is 0.0574. The van der Waals surface area contributed by atoms with Crippen LogP contribution in [-0.2, 0) is 6.42 Å². The lowest BCUT2D eigenvalue weighted by Gasteiger charge is -2.20. The maximum absolute atomic E-state index is 10.4. The van der Waals surface area contributed by atoms with E-state index in [-0.39, 0.29) is 24.0 Å². The Labute approximate surface area is 166 Å². The number of halogens is 1. The Balaban J connectivity index is 0.00000225. The number of hydrogen-bond acceptors (Lipinski definition) is 4. The van der Waals surface area contributed by atoms with Crippen LogP contribution in [0, 0.1) is 0 Å². The van der Waals surface area contributed by atoms with Crippen molar-refractivity contribution in [1.29, 1.82) is 0 Å². The lowest BCUT2D eigenvalue weighted by Crippen LogP contribution is -2.40. The normalized spacial score (nSPS) is 17.9. The number of aliphatic imine (C=N–C) groups is 1. The van der Waals surface area contributed by atoms with Crippen molar-refractivity contribution in [3.05, 3.63) is 23.8 Å².